The number of amides is 1. The smallest absolute Gasteiger partial charge is 0.254 e. The summed E-state index contributed by atoms with van der Waals surface area (Å²) < 4.78 is 1.91. The molecule has 0 atom stereocenters. The van der Waals surface area contributed by atoms with E-state index in [4.69, 9.17) is 0 Å². The average Bonchev–Trinajstić information content (AvgIpc) is 2.75. The predicted octanol–water partition coefficient (Wildman–Crippen LogP) is 1.75. The van der Waals surface area contributed by atoms with Gasteiger partial charge in [0, 0.05) is 13.1 Å². The van der Waals surface area contributed by atoms with E-state index in [1.807, 2.05) is 11.6 Å². The lowest BCUT2D eigenvalue weighted by atomic mass is 9.80. The summed E-state index contributed by atoms with van der Waals surface area (Å²) in [5, 5.41) is 17.2. The van der Waals surface area contributed by atoms with E-state index in [-0.39, 0.29) is 5.91 Å². The Morgan fingerprint density at radius 1 is 1.55 bits per heavy atom. The molecule has 0 radical (unpaired) electrons. The first kappa shape index (κ1) is 15.0. The van der Waals surface area contributed by atoms with Gasteiger partial charge in [-0.05, 0) is 31.6 Å². The van der Waals surface area contributed by atoms with Crippen LogP contribution in [-0.2, 0) is 13.0 Å². The van der Waals surface area contributed by atoms with Gasteiger partial charge in [0.15, 0.2) is 0 Å². The van der Waals surface area contributed by atoms with Crippen LogP contribution in [0.1, 0.15) is 56.1 Å². The van der Waals surface area contributed by atoms with Crippen molar-refractivity contribution >= 4 is 5.91 Å². The molecular weight excluding hydrogens is 254 g/mol. The highest BCUT2D eigenvalue weighted by molar-refractivity contribution is 5.95. The molecule has 112 valence electrons. The van der Waals surface area contributed by atoms with Gasteiger partial charge in [-0.15, -0.1) is 0 Å². The molecule has 0 aliphatic heterocycles. The number of aromatic nitrogens is 2. The Balaban J connectivity index is 2.03. The minimum atomic E-state index is -0.685. The Morgan fingerprint density at radius 2 is 2.25 bits per heavy atom. The molecule has 1 amide bonds. The number of hydrogen-bond acceptors (Lipinski definition) is 3. The molecule has 0 spiro atoms. The van der Waals surface area contributed by atoms with E-state index < -0.39 is 5.60 Å². The molecule has 1 fully saturated rings. The number of nitrogens with zero attached hydrogens (tertiary/aromatic N) is 2. The van der Waals surface area contributed by atoms with Gasteiger partial charge in [-0.1, -0.05) is 20.8 Å². The molecule has 1 aliphatic carbocycles. The topological polar surface area (TPSA) is 67.2 Å². The van der Waals surface area contributed by atoms with Gasteiger partial charge < -0.3 is 10.4 Å². The number of carbonyl (C=O) groups is 1. The second-order valence-corrected chi connectivity index (χ2v) is 6.20. The predicted molar refractivity (Wildman–Crippen MR) is 77.6 cm³/mol. The van der Waals surface area contributed by atoms with Gasteiger partial charge >= 0.3 is 0 Å². The van der Waals surface area contributed by atoms with E-state index in [9.17, 15) is 9.90 Å². The maximum atomic E-state index is 12.2. The minimum absolute atomic E-state index is 0.128. The zero-order chi connectivity index (χ0) is 14.8. The van der Waals surface area contributed by atoms with Crippen LogP contribution in [0, 0.1) is 5.92 Å². The third-order valence-electron chi connectivity index (χ3n) is 3.93. The summed E-state index contributed by atoms with van der Waals surface area (Å²) in [5.74, 6) is 0.365. The summed E-state index contributed by atoms with van der Waals surface area (Å²) in [6.45, 7) is 7.45. The zero-order valence-electron chi connectivity index (χ0n) is 12.6. The van der Waals surface area contributed by atoms with E-state index in [1.54, 1.807) is 6.20 Å². The van der Waals surface area contributed by atoms with Crippen molar-refractivity contribution in [3.63, 3.8) is 0 Å². The van der Waals surface area contributed by atoms with Crippen LogP contribution < -0.4 is 5.32 Å². The molecule has 1 aliphatic rings. The molecule has 2 N–H and O–H groups in total. The molecule has 1 saturated carbocycles. The standard InChI is InChI=1S/C15H25N3O2/c1-4-13-12(8-17-18(13)9-11(2)3)14(19)16-10-15(20)6-5-7-15/h8,11,20H,4-7,9-10H2,1-3H3,(H,16,19). The van der Waals surface area contributed by atoms with Crippen molar-refractivity contribution in [2.45, 2.75) is 58.6 Å². The van der Waals surface area contributed by atoms with Crippen molar-refractivity contribution in [3.05, 3.63) is 17.5 Å². The molecular formula is C15H25N3O2. The van der Waals surface area contributed by atoms with Gasteiger partial charge in [0.2, 0.25) is 0 Å². The van der Waals surface area contributed by atoms with Crippen molar-refractivity contribution in [3.8, 4) is 0 Å². The molecule has 5 nitrogen and oxygen atoms in total. The first-order valence-corrected chi connectivity index (χ1v) is 7.50. The maximum Gasteiger partial charge on any atom is 0.254 e. The van der Waals surface area contributed by atoms with Crippen LogP contribution in [0.5, 0.6) is 0 Å². The maximum absolute atomic E-state index is 12.2. The lowest BCUT2D eigenvalue weighted by molar-refractivity contribution is -0.0300. The fraction of sp³-hybridized carbons (Fsp3) is 0.733. The second kappa shape index (κ2) is 5.95. The third kappa shape index (κ3) is 3.20. The molecule has 5 heteroatoms. The van der Waals surface area contributed by atoms with Gasteiger partial charge in [0.1, 0.15) is 0 Å². The van der Waals surface area contributed by atoms with E-state index in [0.717, 1.165) is 37.9 Å². The van der Waals surface area contributed by atoms with Crippen molar-refractivity contribution in [1.29, 1.82) is 0 Å². The largest absolute Gasteiger partial charge is 0.388 e. The highest BCUT2D eigenvalue weighted by Gasteiger charge is 2.34. The summed E-state index contributed by atoms with van der Waals surface area (Å²) in [7, 11) is 0. The van der Waals surface area contributed by atoms with Crippen LogP contribution in [0.3, 0.4) is 0 Å². The summed E-state index contributed by atoms with van der Waals surface area (Å²) in [6, 6.07) is 0. The van der Waals surface area contributed by atoms with E-state index in [2.05, 4.69) is 24.3 Å². The van der Waals surface area contributed by atoms with Crippen molar-refractivity contribution in [1.82, 2.24) is 15.1 Å². The SMILES string of the molecule is CCc1c(C(=O)NCC2(O)CCC2)cnn1CC(C)C. The minimum Gasteiger partial charge on any atom is -0.388 e. The Kier molecular flexibility index (Phi) is 4.48. The van der Waals surface area contributed by atoms with Gasteiger partial charge in [-0.2, -0.15) is 5.10 Å². The third-order valence-corrected chi connectivity index (χ3v) is 3.93. The van der Waals surface area contributed by atoms with Crippen molar-refractivity contribution < 1.29 is 9.90 Å². The summed E-state index contributed by atoms with van der Waals surface area (Å²) in [4.78, 5) is 12.2. The second-order valence-electron chi connectivity index (χ2n) is 6.20. The average molecular weight is 279 g/mol. The van der Waals surface area contributed by atoms with Gasteiger partial charge in [0.25, 0.3) is 5.91 Å². The summed E-state index contributed by atoms with van der Waals surface area (Å²) in [5.41, 5.74) is 0.920. The quantitative estimate of drug-likeness (QED) is 0.833. The molecule has 0 bridgehead atoms. The molecule has 1 heterocycles. The fourth-order valence-electron chi connectivity index (χ4n) is 2.58. The van der Waals surface area contributed by atoms with Crippen LogP contribution in [-0.4, -0.2) is 32.9 Å². The molecule has 20 heavy (non-hydrogen) atoms. The Bertz CT molecular complexity index is 475. The van der Waals surface area contributed by atoms with Crippen LogP contribution in [0.4, 0.5) is 0 Å². The fourth-order valence-corrected chi connectivity index (χ4v) is 2.58. The lowest BCUT2D eigenvalue weighted by Gasteiger charge is -2.36. The number of nitrogens with one attached hydrogen (secondary N) is 1. The first-order chi connectivity index (χ1) is 9.45. The highest BCUT2D eigenvalue weighted by Crippen LogP contribution is 2.30. The van der Waals surface area contributed by atoms with Gasteiger partial charge in [-0.3, -0.25) is 9.48 Å². The normalized spacial score (nSPS) is 17.1. The Hall–Kier alpha value is -1.36. The van der Waals surface area contributed by atoms with Crippen LogP contribution >= 0.6 is 0 Å². The number of hydrogen-bond donors (Lipinski definition) is 2. The van der Waals surface area contributed by atoms with Crippen molar-refractivity contribution in [2.75, 3.05) is 6.54 Å². The number of rotatable bonds is 6. The molecule has 0 aromatic carbocycles. The van der Waals surface area contributed by atoms with Gasteiger partial charge in [0.05, 0.1) is 23.1 Å². The Morgan fingerprint density at radius 3 is 2.75 bits per heavy atom. The molecule has 1 aromatic rings. The van der Waals surface area contributed by atoms with E-state index in [0.29, 0.717) is 18.0 Å². The zero-order valence-corrected chi connectivity index (χ0v) is 12.6. The highest BCUT2D eigenvalue weighted by atomic mass is 16.3. The first-order valence-electron chi connectivity index (χ1n) is 7.50. The van der Waals surface area contributed by atoms with E-state index >= 15 is 0 Å². The molecule has 0 unspecified atom stereocenters. The monoisotopic (exact) mass is 279 g/mol. The molecule has 1 aromatic heterocycles. The lowest BCUT2D eigenvalue weighted by Crippen LogP contribution is -2.47. The van der Waals surface area contributed by atoms with Crippen LogP contribution in [0.15, 0.2) is 6.20 Å². The van der Waals surface area contributed by atoms with E-state index in [1.165, 1.54) is 0 Å². The molecule has 0 saturated heterocycles. The van der Waals surface area contributed by atoms with Crippen LogP contribution in [0.25, 0.3) is 0 Å². The summed E-state index contributed by atoms with van der Waals surface area (Å²) >= 11 is 0. The Labute approximate surface area is 120 Å². The van der Waals surface area contributed by atoms with Crippen molar-refractivity contribution in [2.24, 2.45) is 5.92 Å². The number of aliphatic hydroxyl groups is 1. The summed E-state index contributed by atoms with van der Waals surface area (Å²) in [6.07, 6.45) is 5.01. The molecule has 2 rings (SSSR count). The van der Waals surface area contributed by atoms with Gasteiger partial charge in [-0.25, -0.2) is 0 Å². The van der Waals surface area contributed by atoms with Crippen LogP contribution in [0.2, 0.25) is 0 Å². The number of carbonyl (C=O) groups excluding carboxylic acids is 1.